The molecule has 0 saturated carbocycles. The molecule has 272 valence electrons. The first-order valence-electron chi connectivity index (χ1n) is 18.4. The van der Waals surface area contributed by atoms with Gasteiger partial charge in [-0.1, -0.05) is 48.9 Å². The zero-order valence-electron chi connectivity index (χ0n) is 31.9. The minimum Gasteiger partial charge on any atom is -0.490 e. The fourth-order valence-electron chi connectivity index (χ4n) is 6.94. The van der Waals surface area contributed by atoms with E-state index in [2.05, 4.69) is 75.2 Å². The predicted molar refractivity (Wildman–Crippen MR) is 207 cm³/mol. The van der Waals surface area contributed by atoms with Gasteiger partial charge in [0.15, 0.2) is 11.8 Å². The molecule has 0 radical (unpaired) electrons. The number of benzene rings is 2. The third-order valence-corrected chi connectivity index (χ3v) is 9.69. The number of rotatable bonds is 14. The molecule has 3 heterocycles. The number of hydrogen-bond acceptors (Lipinski definition) is 7. The lowest BCUT2D eigenvalue weighted by Crippen LogP contribution is -2.41. The van der Waals surface area contributed by atoms with Crippen molar-refractivity contribution >= 4 is 17.4 Å². The van der Waals surface area contributed by atoms with Crippen molar-refractivity contribution in [2.45, 2.75) is 105 Å². The van der Waals surface area contributed by atoms with Crippen LogP contribution in [0.5, 0.6) is 5.75 Å². The van der Waals surface area contributed by atoms with Gasteiger partial charge in [0.2, 0.25) is 0 Å². The monoisotopic (exact) mass is 692 g/mol. The molecule has 2 atom stereocenters. The van der Waals surface area contributed by atoms with E-state index in [-0.39, 0.29) is 18.1 Å². The molecule has 0 unspecified atom stereocenters. The number of esters is 1. The second-order valence-electron chi connectivity index (χ2n) is 15.3. The summed E-state index contributed by atoms with van der Waals surface area (Å²) in [5.74, 6) is 1.24. The van der Waals surface area contributed by atoms with Gasteiger partial charge in [-0.05, 0) is 103 Å². The van der Waals surface area contributed by atoms with Crippen molar-refractivity contribution in [3.63, 3.8) is 0 Å². The van der Waals surface area contributed by atoms with E-state index >= 15 is 0 Å². The highest BCUT2D eigenvalue weighted by Gasteiger charge is 2.38. The number of aromatic nitrogens is 3. The minimum absolute atomic E-state index is 0.00264. The van der Waals surface area contributed by atoms with Crippen molar-refractivity contribution in [3.8, 4) is 28.1 Å². The standard InChI is InChI=1S/C43H56N4O4/c1-11-14-21-43(10)22-24-46(25-23-43)40-38(39(41(48)49-13-3)51-42(7,8)9)31(6)44-37-28-35(45-47(37)40)33-18-15-17-32(27-33)34-26-29(4)19-20-36(34)50-30(5)16-12-2/h11-12,15,17-20,26-28,30,39H,1-2,13-14,16,21-25H2,3-10H3/t30-,39-/m0/s1. The summed E-state index contributed by atoms with van der Waals surface area (Å²) >= 11 is 0. The molecule has 1 saturated heterocycles. The minimum atomic E-state index is -0.967. The number of carbonyl (C=O) groups is 1. The molecule has 2 aromatic carbocycles. The molecule has 0 spiro atoms. The van der Waals surface area contributed by atoms with Gasteiger partial charge in [-0.3, -0.25) is 0 Å². The van der Waals surface area contributed by atoms with E-state index < -0.39 is 17.7 Å². The van der Waals surface area contributed by atoms with Crippen LogP contribution < -0.4 is 9.64 Å². The van der Waals surface area contributed by atoms with Crippen molar-refractivity contribution in [2.75, 3.05) is 24.6 Å². The molecule has 0 N–H and O–H groups in total. The van der Waals surface area contributed by atoms with Gasteiger partial charge in [0.25, 0.3) is 0 Å². The highest BCUT2D eigenvalue weighted by Crippen LogP contribution is 2.42. The van der Waals surface area contributed by atoms with E-state index in [0.717, 1.165) is 90.4 Å². The number of nitrogens with zero attached hydrogens (tertiary/aromatic N) is 4. The number of aryl methyl sites for hydroxylation is 2. The van der Waals surface area contributed by atoms with Crippen LogP contribution in [0.1, 0.15) is 96.6 Å². The van der Waals surface area contributed by atoms with E-state index in [1.807, 2.05) is 63.4 Å². The maximum Gasteiger partial charge on any atom is 0.340 e. The van der Waals surface area contributed by atoms with Crippen LogP contribution in [-0.4, -0.2) is 52.0 Å². The number of carbonyl (C=O) groups excluding carboxylic acids is 1. The summed E-state index contributed by atoms with van der Waals surface area (Å²) in [5.41, 5.74) is 6.69. The van der Waals surface area contributed by atoms with Crippen molar-refractivity contribution < 1.29 is 19.0 Å². The Morgan fingerprint density at radius 1 is 1.04 bits per heavy atom. The van der Waals surface area contributed by atoms with Crippen molar-refractivity contribution in [1.29, 1.82) is 0 Å². The molecule has 1 aliphatic rings. The summed E-state index contributed by atoms with van der Waals surface area (Å²) in [7, 11) is 0. The van der Waals surface area contributed by atoms with Crippen LogP contribution >= 0.6 is 0 Å². The van der Waals surface area contributed by atoms with Gasteiger partial charge in [0.1, 0.15) is 11.6 Å². The first kappa shape index (κ1) is 37.8. The molecule has 0 aliphatic carbocycles. The first-order valence-corrected chi connectivity index (χ1v) is 18.4. The van der Waals surface area contributed by atoms with Crippen molar-refractivity contribution in [1.82, 2.24) is 14.6 Å². The second-order valence-corrected chi connectivity index (χ2v) is 15.3. The zero-order chi connectivity index (χ0) is 36.9. The Bertz CT molecular complexity index is 1860. The molecule has 51 heavy (non-hydrogen) atoms. The van der Waals surface area contributed by atoms with E-state index in [1.165, 1.54) is 0 Å². The quantitative estimate of drug-likeness (QED) is 0.0962. The number of ether oxygens (including phenoxy) is 3. The van der Waals surface area contributed by atoms with Crippen molar-refractivity contribution in [3.05, 3.63) is 90.7 Å². The SMILES string of the molecule is C=CCCC1(C)CCN(c2c([C@H](OC(C)(C)C)C(=O)OCC)c(C)nc3cc(-c4cccc(-c5cc(C)ccc5O[C@@H](C)CC=C)c4)nn23)CC1. The van der Waals surface area contributed by atoms with Gasteiger partial charge < -0.3 is 19.1 Å². The van der Waals surface area contributed by atoms with Crippen LogP contribution in [-0.2, 0) is 14.3 Å². The molecule has 2 aromatic heterocycles. The van der Waals surface area contributed by atoms with E-state index in [1.54, 1.807) is 0 Å². The summed E-state index contributed by atoms with van der Waals surface area (Å²) in [4.78, 5) is 21.1. The zero-order valence-corrected chi connectivity index (χ0v) is 31.9. The van der Waals surface area contributed by atoms with Gasteiger partial charge in [0.05, 0.1) is 29.6 Å². The molecule has 0 amide bonds. The fraction of sp³-hybridized carbons (Fsp3) is 0.465. The van der Waals surface area contributed by atoms with E-state index in [4.69, 9.17) is 24.3 Å². The third-order valence-electron chi connectivity index (χ3n) is 9.69. The summed E-state index contributed by atoms with van der Waals surface area (Å²) in [6.07, 6.45) is 7.80. The Kier molecular flexibility index (Phi) is 11.8. The lowest BCUT2D eigenvalue weighted by atomic mass is 9.76. The van der Waals surface area contributed by atoms with Crippen LogP contribution in [0.25, 0.3) is 28.0 Å². The van der Waals surface area contributed by atoms with Crippen LogP contribution in [0.4, 0.5) is 5.82 Å². The summed E-state index contributed by atoms with van der Waals surface area (Å²) < 4.78 is 20.4. The molecule has 8 heteroatoms. The highest BCUT2D eigenvalue weighted by atomic mass is 16.6. The van der Waals surface area contributed by atoms with E-state index in [9.17, 15) is 4.79 Å². The molecular formula is C43H56N4O4. The molecule has 1 aliphatic heterocycles. The third kappa shape index (κ3) is 8.90. The summed E-state index contributed by atoms with van der Waals surface area (Å²) in [5, 5.41) is 5.23. The van der Waals surface area contributed by atoms with Gasteiger partial charge in [-0.15, -0.1) is 13.2 Å². The topological polar surface area (TPSA) is 78.2 Å². The molecule has 5 rings (SSSR count). The van der Waals surface area contributed by atoms with Crippen LogP contribution in [0.15, 0.2) is 73.8 Å². The summed E-state index contributed by atoms with van der Waals surface area (Å²) in [6, 6.07) is 16.7. The number of hydrogen-bond donors (Lipinski definition) is 0. The van der Waals surface area contributed by atoms with Gasteiger partial charge in [0, 0.05) is 42.4 Å². The van der Waals surface area contributed by atoms with Gasteiger partial charge in [-0.2, -0.15) is 9.61 Å². The maximum atomic E-state index is 13.7. The Morgan fingerprint density at radius 2 is 1.76 bits per heavy atom. The normalized spacial score (nSPS) is 15.7. The molecule has 8 nitrogen and oxygen atoms in total. The lowest BCUT2D eigenvalue weighted by Gasteiger charge is -2.41. The Balaban J connectivity index is 1.65. The van der Waals surface area contributed by atoms with Crippen LogP contribution in [0.2, 0.25) is 0 Å². The Morgan fingerprint density at radius 3 is 2.43 bits per heavy atom. The smallest absolute Gasteiger partial charge is 0.340 e. The molecule has 0 bridgehead atoms. The highest BCUT2D eigenvalue weighted by molar-refractivity contribution is 5.81. The number of allylic oxidation sites excluding steroid dienone is 1. The molecule has 4 aromatic rings. The van der Waals surface area contributed by atoms with Crippen molar-refractivity contribution in [2.24, 2.45) is 5.41 Å². The fourth-order valence-corrected chi connectivity index (χ4v) is 6.94. The van der Waals surface area contributed by atoms with Crippen LogP contribution in [0.3, 0.4) is 0 Å². The van der Waals surface area contributed by atoms with Gasteiger partial charge in [-0.25, -0.2) is 9.78 Å². The Hall–Kier alpha value is -4.43. The molecular weight excluding hydrogens is 636 g/mol. The predicted octanol–water partition coefficient (Wildman–Crippen LogP) is 10.0. The average molecular weight is 693 g/mol. The van der Waals surface area contributed by atoms with Crippen LogP contribution in [0, 0.1) is 19.3 Å². The lowest BCUT2D eigenvalue weighted by molar-refractivity contribution is -0.166. The largest absolute Gasteiger partial charge is 0.490 e. The number of anilines is 1. The molecule has 1 fully saturated rings. The number of fused-ring (bicyclic) bond motifs is 1. The van der Waals surface area contributed by atoms with Gasteiger partial charge >= 0.3 is 5.97 Å². The first-order chi connectivity index (χ1) is 24.3. The summed E-state index contributed by atoms with van der Waals surface area (Å²) in [6.45, 7) is 25.9. The maximum absolute atomic E-state index is 13.7. The second kappa shape index (κ2) is 15.9. The number of piperidine rings is 1. The Labute approximate surface area is 304 Å². The average Bonchev–Trinajstić information content (AvgIpc) is 3.51. The van der Waals surface area contributed by atoms with E-state index in [0.29, 0.717) is 11.2 Å².